The van der Waals surface area contributed by atoms with E-state index in [1.807, 2.05) is 18.7 Å². The molecule has 116 valence electrons. The molecule has 0 bridgehead atoms. The Balaban J connectivity index is 1.68. The fourth-order valence-corrected chi connectivity index (χ4v) is 3.91. The largest absolute Gasteiger partial charge is 0.361 e. The van der Waals surface area contributed by atoms with Gasteiger partial charge in [-0.25, -0.2) is 0 Å². The highest BCUT2D eigenvalue weighted by Crippen LogP contribution is 2.37. The zero-order valence-electron chi connectivity index (χ0n) is 13.0. The van der Waals surface area contributed by atoms with E-state index in [0.717, 1.165) is 66.9 Å². The summed E-state index contributed by atoms with van der Waals surface area (Å²) in [7, 11) is 0. The Morgan fingerprint density at radius 1 is 1.32 bits per heavy atom. The Morgan fingerprint density at radius 2 is 2.18 bits per heavy atom. The van der Waals surface area contributed by atoms with Crippen molar-refractivity contribution in [2.75, 3.05) is 6.54 Å². The van der Waals surface area contributed by atoms with Gasteiger partial charge in [-0.2, -0.15) is 5.10 Å². The van der Waals surface area contributed by atoms with Gasteiger partial charge in [-0.1, -0.05) is 5.16 Å². The highest BCUT2D eigenvalue weighted by molar-refractivity contribution is 5.94. The average molecular weight is 300 g/mol. The number of aromatic amines is 1. The molecular weight excluding hydrogens is 280 g/mol. The van der Waals surface area contributed by atoms with Crippen LogP contribution in [0.25, 0.3) is 0 Å². The van der Waals surface area contributed by atoms with Crippen molar-refractivity contribution in [2.24, 2.45) is 0 Å². The Bertz CT molecular complexity index is 711. The van der Waals surface area contributed by atoms with Gasteiger partial charge in [-0.3, -0.25) is 9.89 Å². The fraction of sp³-hybridized carbons (Fsp3) is 0.562. The second kappa shape index (κ2) is 4.97. The van der Waals surface area contributed by atoms with E-state index < -0.39 is 0 Å². The van der Waals surface area contributed by atoms with Gasteiger partial charge in [0.05, 0.1) is 11.7 Å². The SMILES string of the molecule is Cc1noc(C)c1C1CCCN1C(=O)c1n[nH]c2c1CCC2. The molecule has 2 aliphatic rings. The van der Waals surface area contributed by atoms with Crippen LogP contribution in [0.3, 0.4) is 0 Å². The lowest BCUT2D eigenvalue weighted by Gasteiger charge is -2.24. The van der Waals surface area contributed by atoms with E-state index in [9.17, 15) is 4.79 Å². The molecule has 0 radical (unpaired) electrons. The summed E-state index contributed by atoms with van der Waals surface area (Å²) in [5.74, 6) is 0.858. The van der Waals surface area contributed by atoms with Gasteiger partial charge >= 0.3 is 0 Å². The quantitative estimate of drug-likeness (QED) is 0.924. The molecule has 0 saturated carbocycles. The summed E-state index contributed by atoms with van der Waals surface area (Å²) in [6, 6.07) is 0.0625. The smallest absolute Gasteiger partial charge is 0.275 e. The molecule has 1 fully saturated rings. The molecule has 3 heterocycles. The fourth-order valence-electron chi connectivity index (χ4n) is 3.91. The monoisotopic (exact) mass is 300 g/mol. The summed E-state index contributed by atoms with van der Waals surface area (Å²) in [4.78, 5) is 14.9. The Morgan fingerprint density at radius 3 is 2.95 bits per heavy atom. The molecule has 1 aliphatic heterocycles. The van der Waals surface area contributed by atoms with Crippen LogP contribution in [-0.2, 0) is 12.8 Å². The van der Waals surface area contributed by atoms with Gasteiger partial charge in [-0.05, 0) is 46.0 Å². The lowest BCUT2D eigenvalue weighted by molar-refractivity contribution is 0.0727. The van der Waals surface area contributed by atoms with Crippen LogP contribution in [0.5, 0.6) is 0 Å². The topological polar surface area (TPSA) is 75.0 Å². The molecule has 6 nitrogen and oxygen atoms in total. The van der Waals surface area contributed by atoms with Crippen molar-refractivity contribution < 1.29 is 9.32 Å². The summed E-state index contributed by atoms with van der Waals surface area (Å²) >= 11 is 0. The lowest BCUT2D eigenvalue weighted by Crippen LogP contribution is -2.32. The van der Waals surface area contributed by atoms with Crippen molar-refractivity contribution in [3.63, 3.8) is 0 Å². The molecule has 1 amide bonds. The first-order valence-corrected chi connectivity index (χ1v) is 7.96. The Kier molecular flexibility index (Phi) is 3.06. The molecule has 0 spiro atoms. The van der Waals surface area contributed by atoms with E-state index in [-0.39, 0.29) is 11.9 Å². The molecule has 1 N–H and O–H groups in total. The van der Waals surface area contributed by atoms with E-state index in [1.54, 1.807) is 0 Å². The number of hydrogen-bond acceptors (Lipinski definition) is 4. The summed E-state index contributed by atoms with van der Waals surface area (Å²) in [5, 5.41) is 11.4. The van der Waals surface area contributed by atoms with Crippen LogP contribution < -0.4 is 0 Å². The number of amides is 1. The van der Waals surface area contributed by atoms with Gasteiger partial charge in [-0.15, -0.1) is 0 Å². The summed E-state index contributed by atoms with van der Waals surface area (Å²) < 4.78 is 5.29. The molecule has 1 atom stereocenters. The van der Waals surface area contributed by atoms with Crippen molar-refractivity contribution >= 4 is 5.91 Å². The van der Waals surface area contributed by atoms with Gasteiger partial charge in [0.25, 0.3) is 5.91 Å². The Labute approximate surface area is 128 Å². The number of aromatic nitrogens is 3. The van der Waals surface area contributed by atoms with E-state index in [2.05, 4.69) is 15.4 Å². The van der Waals surface area contributed by atoms with Crippen molar-refractivity contribution in [3.05, 3.63) is 34.0 Å². The maximum Gasteiger partial charge on any atom is 0.275 e. The van der Waals surface area contributed by atoms with E-state index >= 15 is 0 Å². The van der Waals surface area contributed by atoms with Crippen LogP contribution in [0.1, 0.15) is 64.1 Å². The van der Waals surface area contributed by atoms with Crippen LogP contribution in [-0.4, -0.2) is 32.7 Å². The van der Waals surface area contributed by atoms with Crippen molar-refractivity contribution in [2.45, 2.75) is 52.0 Å². The number of carbonyl (C=O) groups excluding carboxylic acids is 1. The van der Waals surface area contributed by atoms with Crippen LogP contribution in [0.2, 0.25) is 0 Å². The molecule has 1 aliphatic carbocycles. The number of aryl methyl sites for hydroxylation is 3. The van der Waals surface area contributed by atoms with Gasteiger partial charge in [0, 0.05) is 23.4 Å². The first kappa shape index (κ1) is 13.5. The molecule has 1 saturated heterocycles. The number of nitrogens with zero attached hydrogens (tertiary/aromatic N) is 3. The second-order valence-electron chi connectivity index (χ2n) is 6.28. The number of nitrogens with one attached hydrogen (secondary N) is 1. The molecule has 2 aromatic heterocycles. The molecule has 2 aromatic rings. The second-order valence-corrected chi connectivity index (χ2v) is 6.28. The zero-order valence-corrected chi connectivity index (χ0v) is 13.0. The number of carbonyl (C=O) groups is 1. The highest BCUT2D eigenvalue weighted by atomic mass is 16.5. The number of hydrogen-bond donors (Lipinski definition) is 1. The van der Waals surface area contributed by atoms with Crippen molar-refractivity contribution in [1.29, 1.82) is 0 Å². The van der Waals surface area contributed by atoms with Gasteiger partial charge in [0.15, 0.2) is 5.69 Å². The minimum atomic E-state index is 0.0434. The highest BCUT2D eigenvalue weighted by Gasteiger charge is 2.36. The van der Waals surface area contributed by atoms with Gasteiger partial charge in [0.1, 0.15) is 5.76 Å². The van der Waals surface area contributed by atoms with E-state index in [1.165, 1.54) is 0 Å². The maximum atomic E-state index is 13.0. The number of fused-ring (bicyclic) bond motifs is 1. The lowest BCUT2D eigenvalue weighted by atomic mass is 10.0. The first-order valence-electron chi connectivity index (χ1n) is 7.96. The Hall–Kier alpha value is -2.11. The van der Waals surface area contributed by atoms with Crippen molar-refractivity contribution in [3.8, 4) is 0 Å². The summed E-state index contributed by atoms with van der Waals surface area (Å²) in [5.41, 5.74) is 4.82. The van der Waals surface area contributed by atoms with Crippen LogP contribution in [0.4, 0.5) is 0 Å². The minimum Gasteiger partial charge on any atom is -0.361 e. The third-order valence-electron chi connectivity index (χ3n) is 4.94. The number of rotatable bonds is 2. The number of likely N-dealkylation sites (tertiary alicyclic amines) is 1. The van der Waals surface area contributed by atoms with Crippen molar-refractivity contribution in [1.82, 2.24) is 20.3 Å². The molecule has 6 heteroatoms. The van der Waals surface area contributed by atoms with Gasteiger partial charge in [0.2, 0.25) is 0 Å². The van der Waals surface area contributed by atoms with E-state index in [0.29, 0.717) is 5.69 Å². The van der Waals surface area contributed by atoms with E-state index in [4.69, 9.17) is 4.52 Å². The molecule has 0 aromatic carbocycles. The number of H-pyrrole nitrogens is 1. The third-order valence-corrected chi connectivity index (χ3v) is 4.94. The van der Waals surface area contributed by atoms with Crippen LogP contribution in [0.15, 0.2) is 4.52 Å². The predicted molar refractivity (Wildman–Crippen MR) is 79.6 cm³/mol. The third kappa shape index (κ3) is 1.90. The molecule has 22 heavy (non-hydrogen) atoms. The average Bonchev–Trinajstić information content (AvgIpc) is 3.22. The molecular formula is C16H20N4O2. The van der Waals surface area contributed by atoms with Crippen LogP contribution in [0, 0.1) is 13.8 Å². The van der Waals surface area contributed by atoms with Crippen LogP contribution >= 0.6 is 0 Å². The normalized spacial score (nSPS) is 20.6. The first-order chi connectivity index (χ1) is 10.7. The summed E-state index contributed by atoms with van der Waals surface area (Å²) in [6.45, 7) is 4.64. The molecule has 1 unspecified atom stereocenters. The minimum absolute atomic E-state index is 0.0434. The van der Waals surface area contributed by atoms with Gasteiger partial charge < -0.3 is 9.42 Å². The maximum absolute atomic E-state index is 13.0. The molecule has 4 rings (SSSR count). The predicted octanol–water partition coefficient (Wildman–Crippen LogP) is 2.48. The summed E-state index contributed by atoms with van der Waals surface area (Å²) in [6.07, 6.45) is 5.03. The standard InChI is InChI=1S/C16H20N4O2/c1-9-14(10(2)22-19-9)13-7-4-8-20(13)16(21)15-11-5-3-6-12(11)17-18-15/h13H,3-8H2,1-2H3,(H,17,18). The zero-order chi connectivity index (χ0) is 15.3.